The van der Waals surface area contributed by atoms with E-state index in [2.05, 4.69) is 31.0 Å². The molecule has 0 N–H and O–H groups in total. The van der Waals surface area contributed by atoms with Crippen molar-refractivity contribution in [2.45, 2.75) is 46.5 Å². The fourth-order valence-corrected chi connectivity index (χ4v) is 2.82. The molecule has 0 aromatic carbocycles. The summed E-state index contributed by atoms with van der Waals surface area (Å²) < 4.78 is 0. The van der Waals surface area contributed by atoms with E-state index in [4.69, 9.17) is 4.98 Å². The minimum absolute atomic E-state index is 0.545. The summed E-state index contributed by atoms with van der Waals surface area (Å²) in [6.07, 6.45) is 11.6. The van der Waals surface area contributed by atoms with Gasteiger partial charge in [-0.1, -0.05) is 31.9 Å². The number of allylic oxidation sites excluding steroid dienone is 3. The van der Waals surface area contributed by atoms with Crippen LogP contribution in [0.25, 0.3) is 6.08 Å². The van der Waals surface area contributed by atoms with E-state index in [9.17, 15) is 0 Å². The topological polar surface area (TPSA) is 25.8 Å². The lowest BCUT2D eigenvalue weighted by molar-refractivity contribution is 0.362. The third kappa shape index (κ3) is 2.49. The zero-order valence-electron chi connectivity index (χ0n) is 12.1. The van der Waals surface area contributed by atoms with Crippen molar-refractivity contribution in [1.82, 2.24) is 9.97 Å². The number of hydrogen-bond acceptors (Lipinski definition) is 2. The van der Waals surface area contributed by atoms with Crippen molar-refractivity contribution in [3.63, 3.8) is 0 Å². The summed E-state index contributed by atoms with van der Waals surface area (Å²) in [7, 11) is 0. The average Bonchev–Trinajstić information content (AvgIpc) is 2.45. The van der Waals surface area contributed by atoms with Crippen LogP contribution in [0.4, 0.5) is 0 Å². The van der Waals surface area contributed by atoms with Crippen LogP contribution in [0.2, 0.25) is 0 Å². The molecule has 0 aliphatic heterocycles. The van der Waals surface area contributed by atoms with Gasteiger partial charge in [0.05, 0.1) is 17.1 Å². The highest BCUT2D eigenvalue weighted by Gasteiger charge is 2.25. The van der Waals surface area contributed by atoms with E-state index in [0.29, 0.717) is 5.92 Å². The first-order valence-corrected chi connectivity index (χ1v) is 7.38. The Morgan fingerprint density at radius 3 is 2.63 bits per heavy atom. The molecule has 0 amide bonds. The van der Waals surface area contributed by atoms with E-state index < -0.39 is 0 Å². The molecule has 100 valence electrons. The fraction of sp³-hybridized carbons (Fsp3) is 0.529. The third-order valence-electron chi connectivity index (χ3n) is 4.32. The van der Waals surface area contributed by atoms with Crippen LogP contribution in [-0.4, -0.2) is 9.97 Å². The van der Waals surface area contributed by atoms with E-state index in [1.165, 1.54) is 24.8 Å². The van der Waals surface area contributed by atoms with Gasteiger partial charge in [-0.25, -0.2) is 0 Å². The van der Waals surface area contributed by atoms with Crippen LogP contribution in [0.1, 0.15) is 50.2 Å². The molecular weight excluding hydrogens is 232 g/mol. The first-order chi connectivity index (χ1) is 9.13. The van der Waals surface area contributed by atoms with Gasteiger partial charge < -0.3 is 0 Å². The van der Waals surface area contributed by atoms with Crippen LogP contribution < -0.4 is 0 Å². The molecule has 0 saturated heterocycles. The predicted molar refractivity (Wildman–Crippen MR) is 78.7 cm³/mol. The van der Waals surface area contributed by atoms with Crippen molar-refractivity contribution in [3.8, 4) is 0 Å². The van der Waals surface area contributed by atoms with E-state index in [1.807, 2.05) is 13.1 Å². The smallest absolute Gasteiger partial charge is 0.0851 e. The average molecular weight is 254 g/mol. The van der Waals surface area contributed by atoms with Crippen LogP contribution in [0.15, 0.2) is 23.4 Å². The Bertz CT molecular complexity index is 548. The molecule has 1 fully saturated rings. The Kier molecular flexibility index (Phi) is 3.26. The van der Waals surface area contributed by atoms with Gasteiger partial charge in [-0.15, -0.1) is 0 Å². The van der Waals surface area contributed by atoms with E-state index in [0.717, 1.165) is 29.4 Å². The summed E-state index contributed by atoms with van der Waals surface area (Å²) in [5.41, 5.74) is 6.23. The van der Waals surface area contributed by atoms with Gasteiger partial charge in [-0.05, 0) is 43.3 Å². The summed E-state index contributed by atoms with van der Waals surface area (Å²) >= 11 is 0. The van der Waals surface area contributed by atoms with Crippen molar-refractivity contribution in [3.05, 3.63) is 40.5 Å². The van der Waals surface area contributed by atoms with Crippen LogP contribution in [0.3, 0.4) is 0 Å². The minimum atomic E-state index is 0.545. The number of aryl methyl sites for hydroxylation is 1. The standard InChI is InChI=1S/C17H22N2/c1-11(2)14-7-15(13-5-4-6-13)9-17-16(8-14)18-10-12(3)19-17/h7-8,10-11,13H,4-6,9H2,1-3H3. The number of hydrogen-bond donors (Lipinski definition) is 0. The lowest BCUT2D eigenvalue weighted by Gasteiger charge is -2.28. The molecule has 0 radical (unpaired) electrons. The molecule has 1 aromatic heterocycles. The highest BCUT2D eigenvalue weighted by atomic mass is 14.8. The molecule has 2 aliphatic rings. The van der Waals surface area contributed by atoms with Gasteiger partial charge in [-0.2, -0.15) is 0 Å². The Morgan fingerprint density at radius 2 is 2.00 bits per heavy atom. The van der Waals surface area contributed by atoms with Crippen LogP contribution in [0, 0.1) is 18.8 Å². The van der Waals surface area contributed by atoms with Crippen molar-refractivity contribution in [1.29, 1.82) is 0 Å². The Hall–Kier alpha value is -1.44. The quantitative estimate of drug-likeness (QED) is 0.794. The normalized spacial score (nSPS) is 19.4. The van der Waals surface area contributed by atoms with Crippen LogP contribution in [-0.2, 0) is 6.42 Å². The monoisotopic (exact) mass is 254 g/mol. The molecule has 19 heavy (non-hydrogen) atoms. The van der Waals surface area contributed by atoms with Gasteiger partial charge in [0, 0.05) is 12.6 Å². The van der Waals surface area contributed by atoms with Crippen molar-refractivity contribution in [2.75, 3.05) is 0 Å². The molecule has 0 atom stereocenters. The molecule has 1 aromatic rings. The molecule has 2 nitrogen and oxygen atoms in total. The highest BCUT2D eigenvalue weighted by molar-refractivity contribution is 5.58. The summed E-state index contributed by atoms with van der Waals surface area (Å²) in [6.45, 7) is 6.54. The Morgan fingerprint density at radius 1 is 1.21 bits per heavy atom. The molecule has 0 spiro atoms. The van der Waals surface area contributed by atoms with Gasteiger partial charge in [0.1, 0.15) is 0 Å². The van der Waals surface area contributed by atoms with Gasteiger partial charge in [0.25, 0.3) is 0 Å². The molecule has 2 aliphatic carbocycles. The van der Waals surface area contributed by atoms with Gasteiger partial charge in [0.15, 0.2) is 0 Å². The van der Waals surface area contributed by atoms with E-state index >= 15 is 0 Å². The SMILES string of the molecule is Cc1cnc2c(n1)CC(C1CCC1)=CC(C(C)C)=C2. The summed E-state index contributed by atoms with van der Waals surface area (Å²) in [5.74, 6) is 1.33. The number of rotatable bonds is 2. The first kappa shape index (κ1) is 12.6. The lowest BCUT2D eigenvalue weighted by Crippen LogP contribution is -2.16. The van der Waals surface area contributed by atoms with Gasteiger partial charge in [0.2, 0.25) is 0 Å². The van der Waals surface area contributed by atoms with Crippen molar-refractivity contribution in [2.24, 2.45) is 11.8 Å². The third-order valence-corrected chi connectivity index (χ3v) is 4.32. The highest BCUT2D eigenvalue weighted by Crippen LogP contribution is 2.37. The van der Waals surface area contributed by atoms with Crippen LogP contribution >= 0.6 is 0 Å². The molecule has 3 rings (SSSR count). The van der Waals surface area contributed by atoms with Crippen LogP contribution in [0.5, 0.6) is 0 Å². The number of fused-ring (bicyclic) bond motifs is 1. The largest absolute Gasteiger partial charge is 0.254 e. The second-order valence-corrected chi connectivity index (χ2v) is 6.17. The first-order valence-electron chi connectivity index (χ1n) is 7.38. The molecular formula is C17H22N2. The van der Waals surface area contributed by atoms with Gasteiger partial charge in [-0.3, -0.25) is 9.97 Å². The molecule has 0 unspecified atom stereocenters. The summed E-state index contributed by atoms with van der Waals surface area (Å²) in [6, 6.07) is 0. The molecule has 1 saturated carbocycles. The number of nitrogens with zero attached hydrogens (tertiary/aromatic N) is 2. The van der Waals surface area contributed by atoms with Crippen molar-refractivity contribution >= 4 is 6.08 Å². The van der Waals surface area contributed by atoms with E-state index in [1.54, 1.807) is 5.57 Å². The minimum Gasteiger partial charge on any atom is -0.254 e. The molecule has 1 heterocycles. The number of aromatic nitrogens is 2. The fourth-order valence-electron chi connectivity index (χ4n) is 2.82. The zero-order chi connectivity index (χ0) is 13.4. The zero-order valence-corrected chi connectivity index (χ0v) is 12.1. The summed E-state index contributed by atoms with van der Waals surface area (Å²) in [4.78, 5) is 9.29. The second-order valence-electron chi connectivity index (χ2n) is 6.17. The maximum atomic E-state index is 4.71. The molecule has 0 bridgehead atoms. The Balaban J connectivity index is 2.04. The second kappa shape index (κ2) is 4.92. The van der Waals surface area contributed by atoms with Gasteiger partial charge >= 0.3 is 0 Å². The summed E-state index contributed by atoms with van der Waals surface area (Å²) in [5, 5.41) is 0. The molecule has 2 heteroatoms. The maximum absolute atomic E-state index is 4.71. The maximum Gasteiger partial charge on any atom is 0.0851 e. The lowest BCUT2D eigenvalue weighted by atomic mass is 9.77. The predicted octanol–water partition coefficient (Wildman–Crippen LogP) is 4.11. The van der Waals surface area contributed by atoms with E-state index in [-0.39, 0.29) is 0 Å². The Labute approximate surface area is 115 Å². The van der Waals surface area contributed by atoms with Crippen molar-refractivity contribution < 1.29 is 0 Å².